The molecule has 4 aromatic rings. The summed E-state index contributed by atoms with van der Waals surface area (Å²) in [6.45, 7) is 0.211. The fourth-order valence-corrected chi connectivity index (χ4v) is 4.96. The first-order valence-electron chi connectivity index (χ1n) is 9.43. The third kappa shape index (κ3) is 3.47. The summed E-state index contributed by atoms with van der Waals surface area (Å²) >= 11 is 4.82. The molecular weight excluding hydrogens is 480 g/mol. The molecule has 0 aliphatic carbocycles. The SMILES string of the molecule is O=C(C1=C(O)C(=O)N(Cc2cccnc2)C1c1cccs1)c1cc2cc(Br)ccc2o1. The highest BCUT2D eigenvalue weighted by molar-refractivity contribution is 9.10. The summed E-state index contributed by atoms with van der Waals surface area (Å²) in [7, 11) is 0. The Morgan fingerprint density at radius 3 is 2.84 bits per heavy atom. The number of aliphatic hydroxyl groups is 1. The Morgan fingerprint density at radius 2 is 2.10 bits per heavy atom. The van der Waals surface area contributed by atoms with Gasteiger partial charge in [0.15, 0.2) is 11.5 Å². The van der Waals surface area contributed by atoms with Gasteiger partial charge in [-0.15, -0.1) is 11.3 Å². The van der Waals surface area contributed by atoms with Crippen molar-refractivity contribution in [2.45, 2.75) is 12.6 Å². The summed E-state index contributed by atoms with van der Waals surface area (Å²) in [5.41, 5.74) is 1.37. The lowest BCUT2D eigenvalue weighted by Crippen LogP contribution is -2.30. The molecule has 1 unspecified atom stereocenters. The normalized spacial score (nSPS) is 16.5. The molecular formula is C23H15BrN2O4S. The molecule has 0 saturated heterocycles. The van der Waals surface area contributed by atoms with Crippen LogP contribution in [0.15, 0.2) is 86.5 Å². The number of carbonyl (C=O) groups excluding carboxylic acids is 2. The smallest absolute Gasteiger partial charge is 0.290 e. The van der Waals surface area contributed by atoms with Crippen LogP contribution in [0.4, 0.5) is 0 Å². The van der Waals surface area contributed by atoms with Gasteiger partial charge in [0.25, 0.3) is 5.91 Å². The Morgan fingerprint density at radius 1 is 1.23 bits per heavy atom. The Bertz CT molecular complexity index is 1330. The van der Waals surface area contributed by atoms with Crippen molar-refractivity contribution in [2.75, 3.05) is 0 Å². The van der Waals surface area contributed by atoms with Crippen LogP contribution in [-0.4, -0.2) is 26.7 Å². The minimum atomic E-state index is -0.708. The average molecular weight is 495 g/mol. The van der Waals surface area contributed by atoms with Gasteiger partial charge in [-0.1, -0.05) is 28.1 Å². The number of halogens is 1. The molecule has 0 saturated carbocycles. The van der Waals surface area contributed by atoms with Crippen LogP contribution in [0, 0.1) is 0 Å². The van der Waals surface area contributed by atoms with Gasteiger partial charge in [-0.25, -0.2) is 0 Å². The molecule has 1 aliphatic heterocycles. The number of benzene rings is 1. The molecule has 1 aromatic carbocycles. The van der Waals surface area contributed by atoms with Crippen LogP contribution in [0.3, 0.4) is 0 Å². The largest absolute Gasteiger partial charge is 0.503 e. The number of amides is 1. The van der Waals surface area contributed by atoms with E-state index in [-0.39, 0.29) is 17.9 Å². The molecule has 1 amide bonds. The first-order chi connectivity index (χ1) is 15.0. The highest BCUT2D eigenvalue weighted by Gasteiger charge is 2.45. The van der Waals surface area contributed by atoms with Crippen LogP contribution in [-0.2, 0) is 11.3 Å². The lowest BCUT2D eigenvalue weighted by Gasteiger charge is -2.25. The van der Waals surface area contributed by atoms with Gasteiger partial charge in [-0.05, 0) is 47.3 Å². The number of thiophene rings is 1. The third-order valence-electron chi connectivity index (χ3n) is 5.14. The van der Waals surface area contributed by atoms with Crippen LogP contribution in [0.2, 0.25) is 0 Å². The maximum atomic E-state index is 13.5. The molecule has 5 rings (SSSR count). The van der Waals surface area contributed by atoms with Gasteiger partial charge in [-0.2, -0.15) is 0 Å². The van der Waals surface area contributed by atoms with E-state index in [1.54, 1.807) is 30.6 Å². The second-order valence-corrected chi connectivity index (χ2v) is 8.99. The van der Waals surface area contributed by atoms with Gasteiger partial charge in [0.1, 0.15) is 11.6 Å². The van der Waals surface area contributed by atoms with Crippen LogP contribution in [0.5, 0.6) is 0 Å². The minimum Gasteiger partial charge on any atom is -0.503 e. The summed E-state index contributed by atoms with van der Waals surface area (Å²) in [6, 6.07) is 13.7. The molecule has 0 radical (unpaired) electrons. The van der Waals surface area contributed by atoms with Crippen molar-refractivity contribution in [3.8, 4) is 0 Å². The summed E-state index contributed by atoms with van der Waals surface area (Å²) in [5, 5.41) is 13.4. The van der Waals surface area contributed by atoms with E-state index >= 15 is 0 Å². The van der Waals surface area contributed by atoms with Gasteiger partial charge in [0.2, 0.25) is 5.78 Å². The topological polar surface area (TPSA) is 83.6 Å². The van der Waals surface area contributed by atoms with Crippen molar-refractivity contribution in [1.82, 2.24) is 9.88 Å². The van der Waals surface area contributed by atoms with Gasteiger partial charge in [0.05, 0.1) is 5.57 Å². The van der Waals surface area contributed by atoms with Crippen LogP contribution >= 0.6 is 27.3 Å². The first-order valence-corrected chi connectivity index (χ1v) is 11.1. The Kier molecular flexibility index (Phi) is 4.95. The number of aromatic nitrogens is 1. The molecule has 1 atom stereocenters. The molecule has 0 spiro atoms. The number of hydrogen-bond donors (Lipinski definition) is 1. The van der Waals surface area contributed by atoms with Crippen molar-refractivity contribution in [3.05, 3.63) is 98.3 Å². The number of furan rings is 1. The number of ketones is 1. The lowest BCUT2D eigenvalue weighted by atomic mass is 10.00. The van der Waals surface area contributed by atoms with E-state index in [4.69, 9.17) is 4.42 Å². The van der Waals surface area contributed by atoms with Gasteiger partial charge in [-0.3, -0.25) is 14.6 Å². The van der Waals surface area contributed by atoms with Gasteiger partial charge in [0, 0.05) is 33.7 Å². The number of carbonyl (C=O) groups is 2. The van der Waals surface area contributed by atoms with Gasteiger partial charge < -0.3 is 14.4 Å². The number of Topliss-reactive ketones (excluding diaryl/α,β-unsaturated/α-hetero) is 1. The number of pyridine rings is 1. The summed E-state index contributed by atoms with van der Waals surface area (Å²) in [4.78, 5) is 32.8. The quantitative estimate of drug-likeness (QED) is 0.374. The summed E-state index contributed by atoms with van der Waals surface area (Å²) in [6.07, 6.45) is 3.31. The van der Waals surface area contributed by atoms with Crippen molar-refractivity contribution in [1.29, 1.82) is 0 Å². The highest BCUT2D eigenvalue weighted by atomic mass is 79.9. The molecule has 1 N–H and O–H groups in total. The average Bonchev–Trinajstić information content (AvgIpc) is 3.49. The summed E-state index contributed by atoms with van der Waals surface area (Å²) in [5.74, 6) is -1.57. The zero-order chi connectivity index (χ0) is 21.5. The molecule has 1 aliphatic rings. The molecule has 154 valence electrons. The molecule has 8 heteroatoms. The predicted octanol–water partition coefficient (Wildman–Crippen LogP) is 5.43. The number of aliphatic hydroxyl groups excluding tert-OH is 1. The molecule has 0 fully saturated rings. The third-order valence-corrected chi connectivity index (χ3v) is 6.56. The van der Waals surface area contributed by atoms with E-state index in [1.807, 2.05) is 35.7 Å². The first kappa shape index (κ1) is 19.7. The van der Waals surface area contributed by atoms with Crippen molar-refractivity contribution < 1.29 is 19.1 Å². The Hall–Kier alpha value is -3.23. The predicted molar refractivity (Wildman–Crippen MR) is 120 cm³/mol. The highest BCUT2D eigenvalue weighted by Crippen LogP contribution is 2.42. The maximum absolute atomic E-state index is 13.5. The minimum absolute atomic E-state index is 0.0227. The van der Waals surface area contributed by atoms with Crippen molar-refractivity contribution >= 4 is 49.9 Å². The number of fused-ring (bicyclic) bond motifs is 1. The van der Waals surface area contributed by atoms with E-state index in [1.165, 1.54) is 16.2 Å². The second kappa shape index (κ2) is 7.79. The molecule has 6 nitrogen and oxygen atoms in total. The molecule has 31 heavy (non-hydrogen) atoms. The van der Waals surface area contributed by atoms with E-state index < -0.39 is 23.5 Å². The lowest BCUT2D eigenvalue weighted by molar-refractivity contribution is -0.130. The molecule has 0 bridgehead atoms. The van der Waals surface area contributed by atoms with Gasteiger partial charge >= 0.3 is 0 Å². The fraction of sp³-hybridized carbons (Fsp3) is 0.0870. The Labute approximate surface area is 189 Å². The van der Waals surface area contributed by atoms with E-state index in [9.17, 15) is 14.7 Å². The number of nitrogens with zero attached hydrogens (tertiary/aromatic N) is 2. The van der Waals surface area contributed by atoms with Crippen LogP contribution in [0.1, 0.15) is 27.0 Å². The monoisotopic (exact) mass is 494 g/mol. The standard InChI is InChI=1S/C23H15BrN2O4S/c24-15-5-6-16-14(9-15)10-17(30-16)21(27)19-20(18-4-2-8-31-18)26(23(29)22(19)28)12-13-3-1-7-25-11-13/h1-11,20,28H,12H2. The van der Waals surface area contributed by atoms with Crippen molar-refractivity contribution in [2.24, 2.45) is 0 Å². The molecule has 4 heterocycles. The van der Waals surface area contributed by atoms with Crippen LogP contribution in [0.25, 0.3) is 11.0 Å². The second-order valence-electron chi connectivity index (χ2n) is 7.10. The van der Waals surface area contributed by atoms with E-state index in [2.05, 4.69) is 20.9 Å². The zero-order valence-corrected chi connectivity index (χ0v) is 18.4. The summed E-state index contributed by atoms with van der Waals surface area (Å²) < 4.78 is 6.61. The zero-order valence-electron chi connectivity index (χ0n) is 16.0. The molecule has 3 aromatic heterocycles. The number of hydrogen-bond acceptors (Lipinski definition) is 6. The number of rotatable bonds is 5. The van der Waals surface area contributed by atoms with Crippen LogP contribution < -0.4 is 0 Å². The Balaban J connectivity index is 1.58. The fourth-order valence-electron chi connectivity index (χ4n) is 3.74. The van der Waals surface area contributed by atoms with E-state index in [0.29, 0.717) is 5.58 Å². The van der Waals surface area contributed by atoms with E-state index in [0.717, 1.165) is 20.3 Å². The maximum Gasteiger partial charge on any atom is 0.290 e. The van der Waals surface area contributed by atoms with Crippen molar-refractivity contribution in [3.63, 3.8) is 0 Å².